The Morgan fingerprint density at radius 3 is 2.08 bits per heavy atom. The standard InChI is InChI=1S/C27H25NO8/c1-15-12-22-24(20(14-23(29)30)25(36-22)17-6-10-19(35-3)11-7-17)26(31)28(15)21(27(32)33)13-16-4-8-18(34-2)9-5-16/h4-12,21H,13-14H2,1-3H3,(H,29,30)(H,32,33). The second-order valence-electron chi connectivity index (χ2n) is 8.32. The van der Waals surface area contributed by atoms with E-state index in [2.05, 4.69) is 0 Å². The maximum Gasteiger partial charge on any atom is 0.327 e. The number of nitrogens with zero attached hydrogens (tertiary/aromatic N) is 1. The number of ether oxygens (including phenoxy) is 2. The molecule has 186 valence electrons. The minimum absolute atomic E-state index is 0.0447. The Morgan fingerprint density at radius 2 is 1.56 bits per heavy atom. The third kappa shape index (κ3) is 4.68. The van der Waals surface area contributed by atoms with Crippen molar-refractivity contribution < 1.29 is 33.7 Å². The van der Waals surface area contributed by atoms with Gasteiger partial charge in [0.25, 0.3) is 5.56 Å². The lowest BCUT2D eigenvalue weighted by Crippen LogP contribution is -2.33. The number of carbonyl (C=O) groups is 2. The summed E-state index contributed by atoms with van der Waals surface area (Å²) < 4.78 is 17.5. The quantitative estimate of drug-likeness (QED) is 0.358. The van der Waals surface area contributed by atoms with Gasteiger partial charge in [-0.15, -0.1) is 0 Å². The number of hydrogen-bond donors (Lipinski definition) is 2. The van der Waals surface area contributed by atoms with Gasteiger partial charge in [-0.05, 0) is 48.9 Å². The summed E-state index contributed by atoms with van der Waals surface area (Å²) in [7, 11) is 3.06. The van der Waals surface area contributed by atoms with Crippen molar-refractivity contribution in [3.63, 3.8) is 0 Å². The number of aromatic nitrogens is 1. The van der Waals surface area contributed by atoms with Crippen LogP contribution in [0.2, 0.25) is 0 Å². The molecule has 0 saturated carbocycles. The third-order valence-corrected chi connectivity index (χ3v) is 6.05. The van der Waals surface area contributed by atoms with Crippen LogP contribution in [0.5, 0.6) is 11.5 Å². The van der Waals surface area contributed by atoms with Crippen LogP contribution in [-0.4, -0.2) is 40.9 Å². The highest BCUT2D eigenvalue weighted by molar-refractivity contribution is 5.91. The topological polar surface area (TPSA) is 128 Å². The Labute approximate surface area is 206 Å². The molecule has 0 fully saturated rings. The summed E-state index contributed by atoms with van der Waals surface area (Å²) >= 11 is 0. The van der Waals surface area contributed by atoms with Crippen LogP contribution in [0.15, 0.2) is 63.8 Å². The molecule has 0 bridgehead atoms. The lowest BCUT2D eigenvalue weighted by Gasteiger charge is -2.19. The number of aryl methyl sites for hydroxylation is 1. The smallest absolute Gasteiger partial charge is 0.327 e. The van der Waals surface area contributed by atoms with E-state index >= 15 is 0 Å². The van der Waals surface area contributed by atoms with Crippen LogP contribution in [0.4, 0.5) is 0 Å². The van der Waals surface area contributed by atoms with E-state index in [1.165, 1.54) is 18.8 Å². The normalized spacial score (nSPS) is 11.9. The molecule has 2 N–H and O–H groups in total. The summed E-state index contributed by atoms with van der Waals surface area (Å²) in [5, 5.41) is 19.7. The zero-order chi connectivity index (χ0) is 26.0. The predicted octanol–water partition coefficient (Wildman–Crippen LogP) is 4.08. The van der Waals surface area contributed by atoms with Gasteiger partial charge in [0.1, 0.15) is 28.9 Å². The largest absolute Gasteiger partial charge is 0.497 e. The molecule has 1 atom stereocenters. The summed E-state index contributed by atoms with van der Waals surface area (Å²) in [4.78, 5) is 37.8. The third-order valence-electron chi connectivity index (χ3n) is 6.05. The first kappa shape index (κ1) is 24.6. The van der Waals surface area contributed by atoms with Gasteiger partial charge in [-0.1, -0.05) is 12.1 Å². The van der Waals surface area contributed by atoms with Gasteiger partial charge in [-0.2, -0.15) is 0 Å². The lowest BCUT2D eigenvalue weighted by molar-refractivity contribution is -0.141. The van der Waals surface area contributed by atoms with Gasteiger partial charge < -0.3 is 24.1 Å². The molecule has 4 rings (SSSR count). The molecule has 9 heteroatoms. The van der Waals surface area contributed by atoms with Gasteiger partial charge in [0, 0.05) is 29.3 Å². The van der Waals surface area contributed by atoms with E-state index in [0.29, 0.717) is 28.3 Å². The fraction of sp³-hybridized carbons (Fsp3) is 0.222. The lowest BCUT2D eigenvalue weighted by atomic mass is 10.0. The Bertz CT molecular complexity index is 1480. The van der Waals surface area contributed by atoms with Crippen molar-refractivity contribution >= 4 is 22.9 Å². The highest BCUT2D eigenvalue weighted by Gasteiger charge is 2.28. The van der Waals surface area contributed by atoms with Crippen LogP contribution >= 0.6 is 0 Å². The number of fused-ring (bicyclic) bond motifs is 1. The van der Waals surface area contributed by atoms with Crippen molar-refractivity contribution in [1.29, 1.82) is 0 Å². The van der Waals surface area contributed by atoms with Gasteiger partial charge in [0.15, 0.2) is 0 Å². The molecule has 0 aliphatic carbocycles. The molecule has 0 spiro atoms. The van der Waals surface area contributed by atoms with E-state index in [0.717, 1.165) is 0 Å². The second-order valence-corrected chi connectivity index (χ2v) is 8.32. The molecule has 0 amide bonds. The van der Waals surface area contributed by atoms with Crippen LogP contribution in [0.1, 0.15) is 22.9 Å². The zero-order valence-electron chi connectivity index (χ0n) is 20.0. The minimum atomic E-state index is -1.22. The number of aliphatic carboxylic acids is 2. The first-order valence-corrected chi connectivity index (χ1v) is 11.1. The molecule has 1 unspecified atom stereocenters. The van der Waals surface area contributed by atoms with Crippen molar-refractivity contribution in [3.05, 3.63) is 81.8 Å². The van der Waals surface area contributed by atoms with Crippen molar-refractivity contribution in [2.75, 3.05) is 14.2 Å². The van der Waals surface area contributed by atoms with Crippen molar-refractivity contribution in [2.24, 2.45) is 0 Å². The maximum atomic E-state index is 13.7. The van der Waals surface area contributed by atoms with Gasteiger partial charge in [-0.3, -0.25) is 14.2 Å². The summed E-state index contributed by atoms with van der Waals surface area (Å²) in [6.45, 7) is 1.62. The number of carboxylic acid groups (broad SMARTS) is 2. The molecule has 0 saturated heterocycles. The summed E-state index contributed by atoms with van der Waals surface area (Å²) in [5.74, 6) is -0.855. The number of hydrogen-bond acceptors (Lipinski definition) is 6. The molecule has 0 aliphatic rings. The highest BCUT2D eigenvalue weighted by Crippen LogP contribution is 2.34. The molecule has 0 aliphatic heterocycles. The fourth-order valence-electron chi connectivity index (χ4n) is 4.32. The van der Waals surface area contributed by atoms with Gasteiger partial charge in [0.05, 0.1) is 26.0 Å². The number of pyridine rings is 1. The summed E-state index contributed by atoms with van der Waals surface area (Å²) in [5.41, 5.74) is 1.42. The van der Waals surface area contributed by atoms with E-state index in [1.54, 1.807) is 61.5 Å². The molecule has 2 heterocycles. The van der Waals surface area contributed by atoms with E-state index in [9.17, 15) is 24.6 Å². The zero-order valence-corrected chi connectivity index (χ0v) is 20.0. The van der Waals surface area contributed by atoms with Gasteiger partial charge in [0.2, 0.25) is 0 Å². The Kier molecular flexibility index (Phi) is 6.82. The second kappa shape index (κ2) is 9.99. The summed E-state index contributed by atoms with van der Waals surface area (Å²) in [6.07, 6.45) is -0.425. The van der Waals surface area contributed by atoms with Crippen LogP contribution in [-0.2, 0) is 22.4 Å². The van der Waals surface area contributed by atoms with Crippen LogP contribution in [0, 0.1) is 6.92 Å². The van der Waals surface area contributed by atoms with Crippen molar-refractivity contribution in [3.8, 4) is 22.8 Å². The molecule has 2 aromatic heterocycles. The van der Waals surface area contributed by atoms with Crippen molar-refractivity contribution in [1.82, 2.24) is 4.57 Å². The molecule has 0 radical (unpaired) electrons. The minimum Gasteiger partial charge on any atom is -0.497 e. The van der Waals surface area contributed by atoms with E-state index in [1.807, 2.05) is 0 Å². The van der Waals surface area contributed by atoms with Crippen LogP contribution < -0.4 is 15.0 Å². The molecule has 9 nitrogen and oxygen atoms in total. The fourth-order valence-corrected chi connectivity index (χ4v) is 4.32. The van der Waals surface area contributed by atoms with E-state index in [-0.39, 0.29) is 28.7 Å². The number of furan rings is 1. The molecule has 4 aromatic rings. The highest BCUT2D eigenvalue weighted by atomic mass is 16.5. The number of methoxy groups -OCH3 is 2. The first-order valence-electron chi connectivity index (χ1n) is 11.1. The van der Waals surface area contributed by atoms with Crippen LogP contribution in [0.3, 0.4) is 0 Å². The average Bonchev–Trinajstić information content (AvgIpc) is 3.21. The predicted molar refractivity (Wildman–Crippen MR) is 132 cm³/mol. The SMILES string of the molecule is COc1ccc(CC(C(=O)O)n2c(C)cc3oc(-c4ccc(OC)cc4)c(CC(=O)O)c3c2=O)cc1. The monoisotopic (exact) mass is 491 g/mol. The van der Waals surface area contributed by atoms with Crippen molar-refractivity contribution in [2.45, 2.75) is 25.8 Å². The van der Waals surface area contributed by atoms with Crippen LogP contribution in [0.25, 0.3) is 22.3 Å². The Morgan fingerprint density at radius 1 is 0.972 bits per heavy atom. The molecular formula is C27H25NO8. The Balaban J connectivity index is 1.89. The van der Waals surface area contributed by atoms with E-state index < -0.39 is 30.0 Å². The number of rotatable bonds is 9. The Hall–Kier alpha value is -4.53. The van der Waals surface area contributed by atoms with E-state index in [4.69, 9.17) is 13.9 Å². The molecule has 36 heavy (non-hydrogen) atoms. The first-order chi connectivity index (χ1) is 17.2. The number of carboxylic acids is 2. The molecular weight excluding hydrogens is 466 g/mol. The van der Waals surface area contributed by atoms with Gasteiger partial charge in [-0.25, -0.2) is 4.79 Å². The summed E-state index contributed by atoms with van der Waals surface area (Å²) in [6, 6.07) is 14.1. The molecule has 2 aromatic carbocycles. The number of benzene rings is 2. The maximum absolute atomic E-state index is 13.7. The average molecular weight is 491 g/mol. The van der Waals surface area contributed by atoms with Gasteiger partial charge >= 0.3 is 11.9 Å².